The molecule has 4 heterocycles. The number of carbonyl (C=O) groups excluding carboxylic acids is 3. The zero-order valence-electron chi connectivity index (χ0n) is 27.3. The molecule has 4 aliphatic heterocycles. The molecule has 242 valence electrons. The van der Waals surface area contributed by atoms with Crippen molar-refractivity contribution < 1.29 is 14.4 Å². The second kappa shape index (κ2) is 13.8. The molecule has 0 aromatic heterocycles. The fraction of sp³-hybridized carbons (Fsp3) is 0.583. The van der Waals surface area contributed by atoms with Gasteiger partial charge in [0, 0.05) is 50.9 Å². The molecule has 1 unspecified atom stereocenters. The summed E-state index contributed by atoms with van der Waals surface area (Å²) in [6.07, 6.45) is 6.51. The number of urea groups is 2. The van der Waals surface area contributed by atoms with Gasteiger partial charge in [0.25, 0.3) is 0 Å². The predicted octanol–water partition coefficient (Wildman–Crippen LogP) is 5.02. The first-order valence-corrected chi connectivity index (χ1v) is 17.0. The van der Waals surface area contributed by atoms with E-state index in [2.05, 4.69) is 54.6 Å². The highest BCUT2D eigenvalue weighted by atomic mass is 16.2. The van der Waals surface area contributed by atoms with Crippen LogP contribution in [0.15, 0.2) is 42.5 Å². The molecule has 5 amide bonds. The first-order valence-electron chi connectivity index (χ1n) is 17.0. The topological polar surface area (TPSA) is 88.2 Å². The van der Waals surface area contributed by atoms with Crippen molar-refractivity contribution in [1.82, 2.24) is 24.9 Å². The zero-order valence-corrected chi connectivity index (χ0v) is 27.3. The number of fused-ring (bicyclic) bond motifs is 1. The zero-order chi connectivity index (χ0) is 31.5. The lowest BCUT2D eigenvalue weighted by Gasteiger charge is -2.41. The van der Waals surface area contributed by atoms with Crippen LogP contribution < -0.4 is 10.6 Å². The van der Waals surface area contributed by atoms with E-state index in [1.165, 1.54) is 37.1 Å². The maximum Gasteiger partial charge on any atom is 0.322 e. The normalized spacial score (nSPS) is 21.3. The van der Waals surface area contributed by atoms with Gasteiger partial charge < -0.3 is 30.2 Å². The van der Waals surface area contributed by atoms with Gasteiger partial charge in [-0.2, -0.15) is 0 Å². The summed E-state index contributed by atoms with van der Waals surface area (Å²) in [5, 5.41) is 6.17. The maximum absolute atomic E-state index is 14.0. The number of carbonyl (C=O) groups is 3. The van der Waals surface area contributed by atoms with E-state index in [9.17, 15) is 14.4 Å². The number of amides is 5. The molecule has 4 aliphatic rings. The number of hydrogen-bond donors (Lipinski definition) is 2. The summed E-state index contributed by atoms with van der Waals surface area (Å²) in [7, 11) is 2.20. The van der Waals surface area contributed by atoms with E-state index in [4.69, 9.17) is 0 Å². The Hall–Kier alpha value is -3.59. The molecule has 0 radical (unpaired) electrons. The molecule has 3 saturated heterocycles. The number of benzene rings is 2. The molecule has 0 bridgehead atoms. The van der Waals surface area contributed by atoms with Gasteiger partial charge >= 0.3 is 12.1 Å². The van der Waals surface area contributed by atoms with Gasteiger partial charge in [-0.05, 0) is 113 Å². The van der Waals surface area contributed by atoms with Crippen LogP contribution in [0.3, 0.4) is 0 Å². The van der Waals surface area contributed by atoms with E-state index in [0.29, 0.717) is 44.8 Å². The molecular weight excluding hydrogens is 564 g/mol. The summed E-state index contributed by atoms with van der Waals surface area (Å²) < 4.78 is 0. The van der Waals surface area contributed by atoms with Crippen LogP contribution in [0.1, 0.15) is 60.8 Å². The first-order chi connectivity index (χ1) is 21.7. The second-order valence-electron chi connectivity index (χ2n) is 13.9. The number of nitrogens with one attached hydrogen (secondary N) is 2. The van der Waals surface area contributed by atoms with Gasteiger partial charge in [0.1, 0.15) is 6.04 Å². The number of para-hydroxylation sites is 1. The summed E-state index contributed by atoms with van der Waals surface area (Å²) in [6, 6.07) is 13.4. The van der Waals surface area contributed by atoms with Crippen LogP contribution in [0.2, 0.25) is 0 Å². The monoisotopic (exact) mass is 614 g/mol. The molecule has 1 atom stereocenters. The number of nitrogens with zero attached hydrogens (tertiary/aromatic N) is 4. The van der Waals surface area contributed by atoms with E-state index in [0.717, 1.165) is 48.7 Å². The maximum atomic E-state index is 14.0. The summed E-state index contributed by atoms with van der Waals surface area (Å²) in [6.45, 7) is 9.74. The lowest BCUT2D eigenvalue weighted by Crippen LogP contribution is -2.57. The highest BCUT2D eigenvalue weighted by molar-refractivity contribution is 5.92. The molecule has 2 aromatic carbocycles. The lowest BCUT2D eigenvalue weighted by atomic mass is 9.79. The molecule has 0 saturated carbocycles. The smallest absolute Gasteiger partial charge is 0.322 e. The third-order valence-electron chi connectivity index (χ3n) is 10.9. The number of hydrogen-bond acceptors (Lipinski definition) is 4. The number of anilines is 1. The molecule has 9 nitrogen and oxygen atoms in total. The van der Waals surface area contributed by atoms with Crippen LogP contribution >= 0.6 is 0 Å². The highest BCUT2D eigenvalue weighted by Crippen LogP contribution is 2.33. The van der Waals surface area contributed by atoms with Gasteiger partial charge in [0.2, 0.25) is 5.91 Å². The Bertz CT molecular complexity index is 1370. The van der Waals surface area contributed by atoms with E-state index >= 15 is 0 Å². The lowest BCUT2D eigenvalue weighted by molar-refractivity contribution is -0.135. The quantitative estimate of drug-likeness (QED) is 0.479. The van der Waals surface area contributed by atoms with Crippen molar-refractivity contribution in [2.45, 2.75) is 77.4 Å². The van der Waals surface area contributed by atoms with Gasteiger partial charge in [-0.3, -0.25) is 4.79 Å². The largest absolute Gasteiger partial charge is 0.341 e. The number of rotatable bonds is 6. The molecule has 9 heteroatoms. The average molecular weight is 615 g/mol. The minimum absolute atomic E-state index is 0.0296. The van der Waals surface area contributed by atoms with Crippen molar-refractivity contribution >= 4 is 23.7 Å². The summed E-state index contributed by atoms with van der Waals surface area (Å²) in [5.41, 5.74) is 5.46. The summed E-state index contributed by atoms with van der Waals surface area (Å²) >= 11 is 0. The van der Waals surface area contributed by atoms with Gasteiger partial charge in [-0.1, -0.05) is 36.4 Å². The van der Waals surface area contributed by atoms with E-state index in [1.54, 1.807) is 0 Å². The van der Waals surface area contributed by atoms with Gasteiger partial charge in [0.15, 0.2) is 0 Å². The Labute approximate surface area is 268 Å². The Balaban J connectivity index is 1.07. The Morgan fingerprint density at radius 2 is 1.49 bits per heavy atom. The molecule has 0 aliphatic carbocycles. The van der Waals surface area contributed by atoms with Gasteiger partial charge in [-0.25, -0.2) is 9.59 Å². The standard InChI is InChI=1S/C36H50N6O3/c1-25-8-9-27(22-26(25)2)23-33(34(43)40-18-12-29(13-19-40)28-10-16-39(3)17-11-28)38-35(44)41-20-14-31(15-21-41)42-24-30-6-4-5-7-32(30)37-36(42)45/h4-9,22,28-29,31,33H,10-21,23-24H2,1-3H3,(H,37,45)(H,38,44). The van der Waals surface area contributed by atoms with Crippen LogP contribution in [0.5, 0.6) is 0 Å². The summed E-state index contributed by atoms with van der Waals surface area (Å²) in [4.78, 5) is 48.7. The Kier molecular flexibility index (Phi) is 9.64. The number of likely N-dealkylation sites (tertiary alicyclic amines) is 3. The van der Waals surface area contributed by atoms with Crippen molar-refractivity contribution in [3.63, 3.8) is 0 Å². The molecule has 2 N–H and O–H groups in total. The van der Waals surface area contributed by atoms with Gasteiger partial charge in [0.05, 0.1) is 0 Å². The molecular formula is C36H50N6O3. The van der Waals surface area contributed by atoms with E-state index < -0.39 is 6.04 Å². The van der Waals surface area contributed by atoms with E-state index in [1.807, 2.05) is 39.0 Å². The van der Waals surface area contributed by atoms with Crippen molar-refractivity contribution in [3.8, 4) is 0 Å². The number of aryl methyl sites for hydroxylation is 2. The van der Waals surface area contributed by atoms with Crippen LogP contribution in [0.4, 0.5) is 15.3 Å². The Morgan fingerprint density at radius 3 is 2.18 bits per heavy atom. The third kappa shape index (κ3) is 7.29. The van der Waals surface area contributed by atoms with Crippen LogP contribution in [0.25, 0.3) is 0 Å². The summed E-state index contributed by atoms with van der Waals surface area (Å²) in [5.74, 6) is 1.48. The molecule has 2 aromatic rings. The minimum Gasteiger partial charge on any atom is -0.341 e. The van der Waals surface area contributed by atoms with Crippen LogP contribution in [0, 0.1) is 25.7 Å². The molecule has 45 heavy (non-hydrogen) atoms. The fourth-order valence-electron chi connectivity index (χ4n) is 7.82. The highest BCUT2D eigenvalue weighted by Gasteiger charge is 2.36. The van der Waals surface area contributed by atoms with Crippen LogP contribution in [-0.2, 0) is 17.8 Å². The average Bonchev–Trinajstić information content (AvgIpc) is 3.06. The number of piperidine rings is 3. The SMILES string of the molecule is Cc1ccc(CC(NC(=O)N2CCC(N3Cc4ccccc4NC3=O)CC2)C(=O)N2CCC(C3CCN(C)CC3)CC2)cc1C. The fourth-order valence-corrected chi connectivity index (χ4v) is 7.82. The molecule has 6 rings (SSSR count). The second-order valence-corrected chi connectivity index (χ2v) is 13.9. The van der Waals surface area contributed by atoms with E-state index in [-0.39, 0.29) is 24.0 Å². The van der Waals surface area contributed by atoms with Crippen molar-refractivity contribution in [2.75, 3.05) is 51.6 Å². The molecule has 0 spiro atoms. The van der Waals surface area contributed by atoms with Crippen molar-refractivity contribution in [3.05, 3.63) is 64.7 Å². The minimum atomic E-state index is -0.610. The first kappa shape index (κ1) is 31.4. The molecule has 3 fully saturated rings. The predicted molar refractivity (Wildman–Crippen MR) is 177 cm³/mol. The Morgan fingerprint density at radius 1 is 0.844 bits per heavy atom. The van der Waals surface area contributed by atoms with Gasteiger partial charge in [-0.15, -0.1) is 0 Å². The van der Waals surface area contributed by atoms with Crippen molar-refractivity contribution in [1.29, 1.82) is 0 Å². The third-order valence-corrected chi connectivity index (χ3v) is 10.9. The van der Waals surface area contributed by atoms with Crippen molar-refractivity contribution in [2.24, 2.45) is 11.8 Å². The van der Waals surface area contributed by atoms with Crippen LogP contribution in [-0.4, -0.2) is 96.0 Å².